The van der Waals surface area contributed by atoms with Crippen molar-refractivity contribution >= 4 is 24.8 Å². The van der Waals surface area contributed by atoms with E-state index in [1.165, 1.54) is 18.4 Å². The molecule has 2 aliphatic rings. The zero-order valence-corrected chi connectivity index (χ0v) is 13.8. The Kier molecular flexibility index (Phi) is 9.54. The summed E-state index contributed by atoms with van der Waals surface area (Å²) in [5.41, 5.74) is 1.53. The quantitative estimate of drug-likeness (QED) is 0.799. The number of hydrogen-bond donors (Lipinski definition) is 1. The molecular weight excluding hydrogens is 334 g/mol. The van der Waals surface area contributed by atoms with Gasteiger partial charge in [-0.25, -0.2) is 0 Å². The summed E-state index contributed by atoms with van der Waals surface area (Å²) < 4.78 is 3.42. The summed E-state index contributed by atoms with van der Waals surface area (Å²) in [7, 11) is 0. The fourth-order valence-corrected chi connectivity index (χ4v) is 5.30. The summed E-state index contributed by atoms with van der Waals surface area (Å²) in [5.74, 6) is 0. The molecule has 0 radical (unpaired) electrons. The van der Waals surface area contributed by atoms with Crippen LogP contribution in [0.25, 0.3) is 0 Å². The van der Waals surface area contributed by atoms with Gasteiger partial charge in [0, 0.05) is 0 Å². The summed E-state index contributed by atoms with van der Waals surface area (Å²) in [5, 5.41) is 8.84. The fourth-order valence-electron chi connectivity index (χ4n) is 1.92. The van der Waals surface area contributed by atoms with Crippen LogP contribution in [0.2, 0.25) is 0 Å². The van der Waals surface area contributed by atoms with Crippen LogP contribution in [0.15, 0.2) is 42.5 Å². The van der Waals surface area contributed by atoms with E-state index in [2.05, 4.69) is 30.4 Å². The molecule has 0 atom stereocenters. The van der Waals surface area contributed by atoms with E-state index in [1.807, 2.05) is 0 Å². The summed E-state index contributed by atoms with van der Waals surface area (Å²) in [6, 6.07) is 0. The first kappa shape index (κ1) is 17.4. The first-order valence-corrected chi connectivity index (χ1v) is 7.98. The van der Waals surface area contributed by atoms with Crippen molar-refractivity contribution in [2.24, 2.45) is 0 Å². The van der Waals surface area contributed by atoms with Crippen molar-refractivity contribution in [2.75, 3.05) is 6.61 Å². The molecule has 0 aromatic rings. The van der Waals surface area contributed by atoms with Crippen molar-refractivity contribution in [3.8, 4) is 0 Å². The Morgan fingerprint density at radius 1 is 1.18 bits per heavy atom. The molecule has 1 nitrogen and oxygen atoms in total. The Hall–Kier alpha value is 0.383. The van der Waals surface area contributed by atoms with E-state index >= 15 is 0 Å². The van der Waals surface area contributed by atoms with Crippen LogP contribution < -0.4 is 0 Å². The standard InChI is InChI=1S/C8H11O.C5H5.2ClH.Zr/c9-7-3-6-8-4-1-2-5-8;1-2-4-5-3-1;;;/h1,4,9H,2-3,6-7H2;1-3H,4H2;2*1H;. The van der Waals surface area contributed by atoms with Crippen LogP contribution in [0.3, 0.4) is 0 Å². The van der Waals surface area contributed by atoms with Gasteiger partial charge < -0.3 is 0 Å². The minimum atomic E-state index is -0.469. The monoisotopic (exact) mass is 350 g/mol. The minimum absolute atomic E-state index is 0. The number of aliphatic hydroxyl groups excluding tert-OH is 1. The van der Waals surface area contributed by atoms with Crippen molar-refractivity contribution in [2.45, 2.75) is 25.7 Å². The van der Waals surface area contributed by atoms with Crippen LogP contribution in [0.1, 0.15) is 25.7 Å². The third kappa shape index (κ3) is 5.26. The molecule has 0 spiro atoms. The van der Waals surface area contributed by atoms with Gasteiger partial charge >= 0.3 is 103 Å². The molecule has 0 amide bonds. The number of rotatable bonds is 5. The molecule has 0 bridgehead atoms. The molecule has 2 rings (SSSR count). The normalized spacial score (nSPS) is 16.6. The van der Waals surface area contributed by atoms with E-state index in [9.17, 15) is 0 Å². The molecule has 0 aromatic carbocycles. The number of halogens is 2. The Morgan fingerprint density at radius 2 is 2.00 bits per heavy atom. The molecule has 0 aliphatic heterocycles. The first-order valence-electron chi connectivity index (χ1n) is 5.52. The van der Waals surface area contributed by atoms with Crippen molar-refractivity contribution in [1.29, 1.82) is 0 Å². The van der Waals surface area contributed by atoms with Gasteiger partial charge in [0.05, 0.1) is 0 Å². The number of allylic oxidation sites excluding steroid dienone is 8. The van der Waals surface area contributed by atoms with Gasteiger partial charge in [-0.2, -0.15) is 0 Å². The second kappa shape index (κ2) is 9.33. The summed E-state index contributed by atoms with van der Waals surface area (Å²) in [4.78, 5) is 0. The third-order valence-electron chi connectivity index (χ3n) is 2.72. The average Bonchev–Trinajstić information content (AvgIpc) is 2.87. The predicted octanol–water partition coefficient (Wildman–Crippen LogP) is 3.74. The second-order valence-electron chi connectivity index (χ2n) is 3.89. The Morgan fingerprint density at radius 3 is 2.65 bits per heavy atom. The summed E-state index contributed by atoms with van der Waals surface area (Å²) >= 11 is -0.469. The van der Waals surface area contributed by atoms with Crippen LogP contribution in [-0.4, -0.2) is 11.7 Å². The molecular formula is C13H18Cl2OZr. The van der Waals surface area contributed by atoms with Crippen molar-refractivity contribution < 1.29 is 28.3 Å². The van der Waals surface area contributed by atoms with Crippen LogP contribution in [0.4, 0.5) is 0 Å². The summed E-state index contributed by atoms with van der Waals surface area (Å²) in [6.07, 6.45) is 15.7. The van der Waals surface area contributed by atoms with Gasteiger partial charge in [-0.3, -0.25) is 0 Å². The van der Waals surface area contributed by atoms with Gasteiger partial charge in [0.15, 0.2) is 0 Å². The molecule has 0 saturated heterocycles. The maximum absolute atomic E-state index is 8.84. The van der Waals surface area contributed by atoms with E-state index in [1.54, 1.807) is 6.56 Å². The maximum atomic E-state index is 8.84. The van der Waals surface area contributed by atoms with E-state index in [0.717, 1.165) is 12.8 Å². The topological polar surface area (TPSA) is 20.2 Å². The van der Waals surface area contributed by atoms with Gasteiger partial charge in [-0.05, 0) is 0 Å². The van der Waals surface area contributed by atoms with Gasteiger partial charge in [-0.1, -0.05) is 0 Å². The molecule has 0 heterocycles. The second-order valence-corrected chi connectivity index (χ2v) is 7.56. The Balaban J connectivity index is 0.00000128. The van der Waals surface area contributed by atoms with Gasteiger partial charge in [-0.15, -0.1) is 24.8 Å². The van der Waals surface area contributed by atoms with Crippen LogP contribution >= 0.6 is 24.8 Å². The van der Waals surface area contributed by atoms with Gasteiger partial charge in [0.25, 0.3) is 0 Å². The molecule has 17 heavy (non-hydrogen) atoms. The van der Waals surface area contributed by atoms with Crippen LogP contribution in [0.5, 0.6) is 0 Å². The molecule has 0 aromatic heterocycles. The van der Waals surface area contributed by atoms with Gasteiger partial charge in [0.2, 0.25) is 0 Å². The molecule has 0 fully saturated rings. The third-order valence-corrected chi connectivity index (χ3v) is 6.45. The average molecular weight is 352 g/mol. The SMILES string of the molecule is Cl.Cl.OCCCC1=[C]([Zr][C]2=CC=CC2)CC=C1. The van der Waals surface area contributed by atoms with E-state index < -0.39 is 23.2 Å². The number of hydrogen-bond acceptors (Lipinski definition) is 1. The van der Waals surface area contributed by atoms with Gasteiger partial charge in [0.1, 0.15) is 0 Å². The molecule has 2 aliphatic carbocycles. The van der Waals surface area contributed by atoms with E-state index in [4.69, 9.17) is 5.11 Å². The van der Waals surface area contributed by atoms with Crippen LogP contribution in [-0.2, 0) is 23.2 Å². The molecule has 0 saturated carbocycles. The predicted molar refractivity (Wildman–Crippen MR) is 73.4 cm³/mol. The zero-order chi connectivity index (χ0) is 10.5. The molecule has 0 unspecified atom stereocenters. The Labute approximate surface area is 127 Å². The zero-order valence-electron chi connectivity index (χ0n) is 9.69. The number of aliphatic hydroxyl groups is 1. The Bertz CT molecular complexity index is 356. The van der Waals surface area contributed by atoms with Crippen molar-refractivity contribution in [3.05, 3.63) is 42.5 Å². The molecule has 1 N–H and O–H groups in total. The summed E-state index contributed by atoms with van der Waals surface area (Å²) in [6.45, 7) is 0.319. The fraction of sp³-hybridized carbons (Fsp3) is 0.385. The first-order chi connectivity index (χ1) is 7.40. The van der Waals surface area contributed by atoms with Crippen molar-refractivity contribution in [1.82, 2.24) is 0 Å². The van der Waals surface area contributed by atoms with Crippen LogP contribution in [0, 0.1) is 0 Å². The van der Waals surface area contributed by atoms with Crippen molar-refractivity contribution in [3.63, 3.8) is 0 Å². The molecule has 94 valence electrons. The van der Waals surface area contributed by atoms with E-state index in [-0.39, 0.29) is 24.8 Å². The van der Waals surface area contributed by atoms with E-state index in [0.29, 0.717) is 6.61 Å². The molecule has 4 heteroatoms.